The average Bonchev–Trinajstić information content (AvgIpc) is 2.95. The van der Waals surface area contributed by atoms with E-state index in [1.807, 2.05) is 0 Å². The summed E-state index contributed by atoms with van der Waals surface area (Å²) in [5, 5.41) is 11.4. The number of hydrogen-bond acceptors (Lipinski definition) is 8. The zero-order chi connectivity index (χ0) is 19.6. The zero-order valence-electron chi connectivity index (χ0n) is 14.2. The van der Waals surface area contributed by atoms with E-state index < -0.39 is 4.92 Å². The molecule has 1 amide bonds. The number of carbonyl (C=O) groups excluding carboxylic acids is 1. The molecule has 1 aliphatic rings. The fourth-order valence-electron chi connectivity index (χ4n) is 2.48. The predicted octanol–water partition coefficient (Wildman–Crippen LogP) is 3.41. The lowest BCUT2D eigenvalue weighted by Crippen LogP contribution is -2.27. The molecule has 1 saturated heterocycles. The number of methoxy groups -OCH3 is 2. The summed E-state index contributed by atoms with van der Waals surface area (Å²) in [6.45, 7) is 0. The highest BCUT2D eigenvalue weighted by atomic mass is 32.2. The molecule has 8 nitrogen and oxygen atoms in total. The first kappa shape index (κ1) is 18.8. The number of thiocarbonyl (C=S) groups is 1. The van der Waals surface area contributed by atoms with Crippen LogP contribution in [0, 0.1) is 10.1 Å². The number of carbonyl (C=O) groups is 1. The van der Waals surface area contributed by atoms with Crippen LogP contribution in [-0.4, -0.2) is 34.4 Å². The van der Waals surface area contributed by atoms with Crippen molar-refractivity contribution in [2.75, 3.05) is 19.1 Å². The molecule has 0 unspecified atom stereocenters. The first-order valence-electron chi connectivity index (χ1n) is 7.54. The second-order valence-corrected chi connectivity index (χ2v) is 6.93. The maximum atomic E-state index is 12.8. The van der Waals surface area contributed by atoms with Gasteiger partial charge in [-0.1, -0.05) is 24.0 Å². The van der Waals surface area contributed by atoms with Crippen molar-refractivity contribution in [3.8, 4) is 11.5 Å². The van der Waals surface area contributed by atoms with Gasteiger partial charge in [0.25, 0.3) is 11.6 Å². The van der Waals surface area contributed by atoms with E-state index in [1.165, 1.54) is 43.5 Å². The van der Waals surface area contributed by atoms with Crippen molar-refractivity contribution >= 4 is 51.7 Å². The topological polar surface area (TPSA) is 94.8 Å². The lowest BCUT2D eigenvalue weighted by Gasteiger charge is -2.13. The van der Waals surface area contributed by atoms with E-state index in [0.29, 0.717) is 15.8 Å². The van der Waals surface area contributed by atoms with Gasteiger partial charge in [0.15, 0.2) is 15.8 Å². The number of thioether (sulfide) groups is 1. The van der Waals surface area contributed by atoms with E-state index >= 15 is 0 Å². The first-order valence-corrected chi connectivity index (χ1v) is 8.77. The Hall–Kier alpha value is -2.98. The van der Waals surface area contributed by atoms with Crippen LogP contribution in [-0.2, 0) is 4.79 Å². The van der Waals surface area contributed by atoms with Crippen LogP contribution in [0.4, 0.5) is 11.4 Å². The standard InChI is InChI=1S/C17H13N3O5S2/c1-24-13-6-10(12(20(22)23)8-14(13)25-2)7-15-16(21)19(17(26)27-15)11-4-3-5-18-9-11/h3-9H,1-2H3/b15-7-. The summed E-state index contributed by atoms with van der Waals surface area (Å²) < 4.78 is 10.6. The van der Waals surface area contributed by atoms with Crippen LogP contribution in [0.2, 0.25) is 0 Å². The van der Waals surface area contributed by atoms with E-state index in [2.05, 4.69) is 4.98 Å². The van der Waals surface area contributed by atoms with E-state index in [9.17, 15) is 14.9 Å². The van der Waals surface area contributed by atoms with Gasteiger partial charge in [-0.25, -0.2) is 0 Å². The summed E-state index contributed by atoms with van der Waals surface area (Å²) in [5.41, 5.74) is 0.536. The van der Waals surface area contributed by atoms with Crippen molar-refractivity contribution < 1.29 is 19.2 Å². The summed E-state index contributed by atoms with van der Waals surface area (Å²) in [4.78, 5) is 29.3. The molecule has 0 bridgehead atoms. The number of pyridine rings is 1. The monoisotopic (exact) mass is 403 g/mol. The van der Waals surface area contributed by atoms with Crippen molar-refractivity contribution in [1.29, 1.82) is 0 Å². The second-order valence-electron chi connectivity index (χ2n) is 5.25. The molecule has 0 radical (unpaired) electrons. The molecule has 0 N–H and O–H groups in total. The number of nitro benzene ring substituents is 1. The Morgan fingerprint density at radius 1 is 1.30 bits per heavy atom. The van der Waals surface area contributed by atoms with Gasteiger partial charge < -0.3 is 9.47 Å². The van der Waals surface area contributed by atoms with E-state index in [4.69, 9.17) is 21.7 Å². The highest BCUT2D eigenvalue weighted by Gasteiger charge is 2.34. The molecule has 0 saturated carbocycles. The molecule has 1 aromatic heterocycles. The first-order chi connectivity index (χ1) is 13.0. The number of nitro groups is 1. The largest absolute Gasteiger partial charge is 0.493 e. The molecular weight excluding hydrogens is 390 g/mol. The number of anilines is 1. The molecule has 27 heavy (non-hydrogen) atoms. The molecular formula is C17H13N3O5S2. The van der Waals surface area contributed by atoms with E-state index in [1.54, 1.807) is 18.3 Å². The highest BCUT2D eigenvalue weighted by molar-refractivity contribution is 8.27. The third-order valence-corrected chi connectivity index (χ3v) is 5.02. The lowest BCUT2D eigenvalue weighted by atomic mass is 10.1. The third-order valence-electron chi connectivity index (χ3n) is 3.71. The molecule has 2 heterocycles. The van der Waals surface area contributed by atoms with Crippen LogP contribution < -0.4 is 14.4 Å². The maximum Gasteiger partial charge on any atom is 0.280 e. The van der Waals surface area contributed by atoms with Crippen LogP contribution in [0.5, 0.6) is 11.5 Å². The van der Waals surface area contributed by atoms with Crippen LogP contribution in [0.1, 0.15) is 5.56 Å². The number of benzene rings is 1. The minimum absolute atomic E-state index is 0.209. The Bertz CT molecular complexity index is 963. The molecule has 138 valence electrons. The van der Waals surface area contributed by atoms with Crippen molar-refractivity contribution in [2.45, 2.75) is 0 Å². The Balaban J connectivity index is 2.05. The molecule has 2 aromatic rings. The Morgan fingerprint density at radius 3 is 2.59 bits per heavy atom. The van der Waals surface area contributed by atoms with E-state index in [-0.39, 0.29) is 27.8 Å². The highest BCUT2D eigenvalue weighted by Crippen LogP contribution is 2.39. The normalized spacial score (nSPS) is 15.3. The van der Waals surface area contributed by atoms with E-state index in [0.717, 1.165) is 11.8 Å². The van der Waals surface area contributed by atoms with Crippen LogP contribution >= 0.6 is 24.0 Å². The Kier molecular flexibility index (Phi) is 5.38. The van der Waals surface area contributed by atoms with Gasteiger partial charge >= 0.3 is 0 Å². The fraction of sp³-hybridized carbons (Fsp3) is 0.118. The molecule has 3 rings (SSSR count). The van der Waals surface area contributed by atoms with Gasteiger partial charge in [-0.2, -0.15) is 0 Å². The van der Waals surface area contributed by atoms with Gasteiger partial charge in [-0.05, 0) is 24.3 Å². The molecule has 0 aliphatic carbocycles. The van der Waals surface area contributed by atoms with Crippen molar-refractivity contribution in [3.63, 3.8) is 0 Å². The van der Waals surface area contributed by atoms with Crippen LogP contribution in [0.15, 0.2) is 41.6 Å². The minimum atomic E-state index is -0.546. The average molecular weight is 403 g/mol. The summed E-state index contributed by atoms with van der Waals surface area (Å²) in [7, 11) is 2.82. The second kappa shape index (κ2) is 7.72. The van der Waals surface area contributed by atoms with Gasteiger partial charge in [-0.15, -0.1) is 0 Å². The van der Waals surface area contributed by atoms with Gasteiger partial charge in [0, 0.05) is 6.20 Å². The minimum Gasteiger partial charge on any atom is -0.493 e. The van der Waals surface area contributed by atoms with Gasteiger partial charge in [-0.3, -0.25) is 24.8 Å². The third kappa shape index (κ3) is 3.62. The predicted molar refractivity (Wildman–Crippen MR) is 106 cm³/mol. The summed E-state index contributed by atoms with van der Waals surface area (Å²) in [6, 6.07) is 6.11. The number of amides is 1. The molecule has 1 aliphatic heterocycles. The lowest BCUT2D eigenvalue weighted by molar-refractivity contribution is -0.385. The number of nitrogens with zero attached hydrogens (tertiary/aromatic N) is 3. The van der Waals surface area contributed by atoms with Crippen LogP contribution in [0.3, 0.4) is 0 Å². The van der Waals surface area contributed by atoms with Crippen molar-refractivity contribution in [3.05, 3.63) is 57.2 Å². The Morgan fingerprint density at radius 2 is 2.00 bits per heavy atom. The summed E-state index contributed by atoms with van der Waals surface area (Å²) in [5.74, 6) is 0.170. The number of rotatable bonds is 5. The zero-order valence-corrected chi connectivity index (χ0v) is 15.9. The molecule has 0 spiro atoms. The number of hydrogen-bond donors (Lipinski definition) is 0. The SMILES string of the molecule is COc1cc(/C=C2\SC(=S)N(c3cccnc3)C2=O)c([N+](=O)[O-])cc1OC. The van der Waals surface area contributed by atoms with Gasteiger partial charge in [0.05, 0.1) is 47.6 Å². The van der Waals surface area contributed by atoms with Crippen molar-refractivity contribution in [2.24, 2.45) is 0 Å². The fourth-order valence-corrected chi connectivity index (χ4v) is 3.77. The molecule has 1 fully saturated rings. The van der Waals surface area contributed by atoms with Crippen LogP contribution in [0.25, 0.3) is 6.08 Å². The summed E-state index contributed by atoms with van der Waals surface area (Å²) in [6.07, 6.45) is 4.53. The number of ether oxygens (including phenoxy) is 2. The van der Waals surface area contributed by atoms with Gasteiger partial charge in [0.1, 0.15) is 0 Å². The van der Waals surface area contributed by atoms with Crippen molar-refractivity contribution in [1.82, 2.24) is 4.98 Å². The maximum absolute atomic E-state index is 12.8. The quantitative estimate of drug-likeness (QED) is 0.324. The number of aromatic nitrogens is 1. The smallest absolute Gasteiger partial charge is 0.280 e. The molecule has 1 aromatic carbocycles. The van der Waals surface area contributed by atoms with Gasteiger partial charge in [0.2, 0.25) is 0 Å². The molecule has 0 atom stereocenters. The molecule has 10 heteroatoms. The Labute approximate surface area is 163 Å². The summed E-state index contributed by atoms with van der Waals surface area (Å²) >= 11 is 6.35.